The molecule has 2 rings (SSSR count). The Labute approximate surface area is 294 Å². The first-order chi connectivity index (χ1) is 22.7. The lowest BCUT2D eigenvalue weighted by Crippen LogP contribution is -2.57. The number of nitrogens with one attached hydrogen (secondary N) is 2. The van der Waals surface area contributed by atoms with E-state index >= 15 is 0 Å². The molecule has 0 bridgehead atoms. The van der Waals surface area contributed by atoms with E-state index in [2.05, 4.69) is 24.5 Å². The summed E-state index contributed by atoms with van der Waals surface area (Å²) in [7, 11) is 0. The van der Waals surface area contributed by atoms with Crippen molar-refractivity contribution in [2.24, 2.45) is 11.8 Å². The molecule has 0 heterocycles. The molecule has 0 aliphatic heterocycles. The SMILES string of the molecule is Cc1cccc(C(C(=O)NC(Cc2ccccc2)C(=O)OC(C)(C)C)N(C(=O)C(CC(C)C)NC(=O)OC(C)(C)C)C(C)CCC(C)C)c1. The zero-order chi connectivity index (χ0) is 37.1. The van der Waals surface area contributed by atoms with Crippen LogP contribution in [0.1, 0.15) is 118 Å². The van der Waals surface area contributed by atoms with E-state index in [1.807, 2.05) is 82.3 Å². The van der Waals surface area contributed by atoms with Crippen LogP contribution in [-0.2, 0) is 30.3 Å². The predicted molar refractivity (Wildman–Crippen MR) is 195 cm³/mol. The Balaban J connectivity index is 2.71. The van der Waals surface area contributed by atoms with Crippen LogP contribution in [0, 0.1) is 18.8 Å². The monoisotopic (exact) mass is 679 g/mol. The van der Waals surface area contributed by atoms with Gasteiger partial charge in [-0.05, 0) is 97.6 Å². The van der Waals surface area contributed by atoms with E-state index in [1.54, 1.807) is 46.4 Å². The van der Waals surface area contributed by atoms with Gasteiger partial charge in [0, 0.05) is 12.5 Å². The van der Waals surface area contributed by atoms with Crippen molar-refractivity contribution in [1.29, 1.82) is 0 Å². The first-order valence-corrected chi connectivity index (χ1v) is 17.6. The molecule has 0 aliphatic carbocycles. The molecule has 272 valence electrons. The highest BCUT2D eigenvalue weighted by molar-refractivity contribution is 5.94. The molecule has 0 aliphatic rings. The van der Waals surface area contributed by atoms with Gasteiger partial charge < -0.3 is 25.0 Å². The molecule has 4 atom stereocenters. The summed E-state index contributed by atoms with van der Waals surface area (Å²) in [5, 5.41) is 5.81. The van der Waals surface area contributed by atoms with E-state index < -0.39 is 59.2 Å². The van der Waals surface area contributed by atoms with Crippen LogP contribution in [-0.4, -0.2) is 58.1 Å². The van der Waals surface area contributed by atoms with E-state index in [0.29, 0.717) is 24.3 Å². The molecule has 3 amide bonds. The Bertz CT molecular complexity index is 1380. The molecule has 2 N–H and O–H groups in total. The van der Waals surface area contributed by atoms with E-state index in [9.17, 15) is 19.2 Å². The van der Waals surface area contributed by atoms with Crippen LogP contribution < -0.4 is 10.6 Å². The highest BCUT2D eigenvalue weighted by Gasteiger charge is 2.40. The molecule has 0 fully saturated rings. The van der Waals surface area contributed by atoms with Gasteiger partial charge in [0.1, 0.15) is 29.3 Å². The summed E-state index contributed by atoms with van der Waals surface area (Å²) in [6.07, 6.45) is 1.28. The molecule has 2 aromatic rings. The number of carbonyl (C=O) groups is 4. The van der Waals surface area contributed by atoms with Crippen LogP contribution in [0.5, 0.6) is 0 Å². The summed E-state index contributed by atoms with van der Waals surface area (Å²) >= 11 is 0. The van der Waals surface area contributed by atoms with Crippen molar-refractivity contribution >= 4 is 23.9 Å². The first-order valence-electron chi connectivity index (χ1n) is 17.6. The minimum absolute atomic E-state index is 0.0466. The quantitative estimate of drug-likeness (QED) is 0.187. The van der Waals surface area contributed by atoms with E-state index in [1.165, 1.54) is 0 Å². The number of hydrogen-bond donors (Lipinski definition) is 2. The number of aryl methyl sites for hydroxylation is 1. The molecular weight excluding hydrogens is 618 g/mol. The lowest BCUT2D eigenvalue weighted by molar-refractivity contribution is -0.159. The number of carbonyl (C=O) groups excluding carboxylic acids is 4. The Kier molecular flexibility index (Phi) is 15.3. The normalized spacial score (nSPS) is 14.4. The van der Waals surface area contributed by atoms with Crippen molar-refractivity contribution in [1.82, 2.24) is 15.5 Å². The maximum Gasteiger partial charge on any atom is 0.408 e. The molecule has 0 saturated carbocycles. The Hall–Kier alpha value is -3.88. The molecule has 9 nitrogen and oxygen atoms in total. The maximum atomic E-state index is 14.9. The standard InChI is InChI=1S/C40H61N3O6/c1-26(2)21-22-29(6)43(36(45)32(23-27(3)4)42-38(47)49-40(10,11)12)34(31-20-16-17-28(5)24-31)35(44)41-33(37(46)48-39(7,8)9)25-30-18-14-13-15-19-30/h13-20,24,26-27,29,32-34H,21-23,25H2,1-12H3,(H,41,44)(H,42,47). The number of esters is 1. The lowest BCUT2D eigenvalue weighted by atomic mass is 9.94. The molecule has 2 aromatic carbocycles. The topological polar surface area (TPSA) is 114 Å². The van der Waals surface area contributed by atoms with E-state index in [-0.39, 0.29) is 12.3 Å². The second-order valence-electron chi connectivity index (χ2n) is 16.0. The highest BCUT2D eigenvalue weighted by atomic mass is 16.6. The van der Waals surface area contributed by atoms with Gasteiger partial charge in [-0.15, -0.1) is 0 Å². The van der Waals surface area contributed by atoms with Crippen molar-refractivity contribution < 1.29 is 28.7 Å². The fraction of sp³-hybridized carbons (Fsp3) is 0.600. The van der Waals surface area contributed by atoms with Crippen molar-refractivity contribution in [3.63, 3.8) is 0 Å². The molecule has 49 heavy (non-hydrogen) atoms. The Morgan fingerprint density at radius 1 is 0.735 bits per heavy atom. The average Bonchev–Trinajstić information content (AvgIpc) is 2.96. The van der Waals surface area contributed by atoms with Crippen LogP contribution in [0.15, 0.2) is 54.6 Å². The van der Waals surface area contributed by atoms with Gasteiger partial charge in [0.2, 0.25) is 11.8 Å². The minimum atomic E-state index is -1.11. The summed E-state index contributed by atoms with van der Waals surface area (Å²) in [6, 6.07) is 13.4. The van der Waals surface area contributed by atoms with Crippen LogP contribution >= 0.6 is 0 Å². The number of hydrogen-bond acceptors (Lipinski definition) is 6. The van der Waals surface area contributed by atoms with Crippen LogP contribution in [0.3, 0.4) is 0 Å². The van der Waals surface area contributed by atoms with Gasteiger partial charge in [0.05, 0.1) is 0 Å². The third-order valence-electron chi connectivity index (χ3n) is 7.76. The Morgan fingerprint density at radius 3 is 1.88 bits per heavy atom. The van der Waals surface area contributed by atoms with Gasteiger partial charge in [-0.3, -0.25) is 9.59 Å². The summed E-state index contributed by atoms with van der Waals surface area (Å²) in [5.74, 6) is -1.07. The summed E-state index contributed by atoms with van der Waals surface area (Å²) in [4.78, 5) is 57.9. The average molecular weight is 680 g/mol. The molecule has 0 radical (unpaired) electrons. The maximum absolute atomic E-state index is 14.9. The highest BCUT2D eigenvalue weighted by Crippen LogP contribution is 2.29. The summed E-state index contributed by atoms with van der Waals surface area (Å²) in [6.45, 7) is 22.7. The molecule has 0 aromatic heterocycles. The van der Waals surface area contributed by atoms with Gasteiger partial charge in [-0.2, -0.15) is 0 Å². The van der Waals surface area contributed by atoms with Gasteiger partial charge in [0.15, 0.2) is 0 Å². The fourth-order valence-corrected chi connectivity index (χ4v) is 5.58. The van der Waals surface area contributed by atoms with E-state index in [4.69, 9.17) is 9.47 Å². The van der Waals surface area contributed by atoms with E-state index in [0.717, 1.165) is 17.5 Å². The number of amides is 3. The minimum Gasteiger partial charge on any atom is -0.458 e. The Morgan fingerprint density at radius 2 is 1.35 bits per heavy atom. The van der Waals surface area contributed by atoms with Crippen molar-refractivity contribution in [2.45, 2.75) is 144 Å². The lowest BCUT2D eigenvalue weighted by Gasteiger charge is -2.39. The number of alkyl carbamates (subject to hydrolysis) is 1. The number of nitrogens with zero attached hydrogens (tertiary/aromatic N) is 1. The largest absolute Gasteiger partial charge is 0.458 e. The third-order valence-corrected chi connectivity index (χ3v) is 7.76. The van der Waals surface area contributed by atoms with Crippen LogP contribution in [0.4, 0.5) is 4.79 Å². The fourth-order valence-electron chi connectivity index (χ4n) is 5.58. The molecular formula is C40H61N3O6. The summed E-state index contributed by atoms with van der Waals surface area (Å²) in [5.41, 5.74) is 0.820. The predicted octanol–water partition coefficient (Wildman–Crippen LogP) is 7.70. The van der Waals surface area contributed by atoms with Gasteiger partial charge in [-0.1, -0.05) is 87.9 Å². The number of rotatable bonds is 15. The van der Waals surface area contributed by atoms with Crippen molar-refractivity contribution in [3.8, 4) is 0 Å². The second kappa shape index (κ2) is 18.2. The first kappa shape index (κ1) is 41.3. The van der Waals surface area contributed by atoms with Crippen LogP contribution in [0.25, 0.3) is 0 Å². The third kappa shape index (κ3) is 14.6. The molecule has 0 spiro atoms. The van der Waals surface area contributed by atoms with Crippen molar-refractivity contribution in [2.75, 3.05) is 0 Å². The summed E-state index contributed by atoms with van der Waals surface area (Å²) < 4.78 is 11.3. The zero-order valence-corrected chi connectivity index (χ0v) is 31.9. The molecule has 0 saturated heterocycles. The molecule has 9 heteroatoms. The molecule has 4 unspecified atom stereocenters. The van der Waals surface area contributed by atoms with Gasteiger partial charge in [0.25, 0.3) is 0 Å². The van der Waals surface area contributed by atoms with Crippen LogP contribution in [0.2, 0.25) is 0 Å². The van der Waals surface area contributed by atoms with Gasteiger partial charge >= 0.3 is 12.1 Å². The number of benzene rings is 2. The second-order valence-corrected chi connectivity index (χ2v) is 16.0. The number of ether oxygens (including phenoxy) is 2. The zero-order valence-electron chi connectivity index (χ0n) is 31.9. The smallest absolute Gasteiger partial charge is 0.408 e. The van der Waals surface area contributed by atoms with Crippen molar-refractivity contribution in [3.05, 3.63) is 71.3 Å². The van der Waals surface area contributed by atoms with Gasteiger partial charge in [-0.25, -0.2) is 9.59 Å².